The topological polar surface area (TPSA) is 81.5 Å². The molecular weight excluding hydrogens is 248 g/mol. The number of benzene rings is 1. The second-order valence-corrected chi connectivity index (χ2v) is 3.68. The predicted octanol–water partition coefficient (Wildman–Crippen LogP) is 1.48. The summed E-state index contributed by atoms with van der Waals surface area (Å²) in [5.74, 6) is 5.98. The first-order valence-corrected chi connectivity index (χ1v) is 5.60. The van der Waals surface area contributed by atoms with Gasteiger partial charge >= 0.3 is 0 Å². The number of rotatable bonds is 4. The van der Waals surface area contributed by atoms with Gasteiger partial charge in [-0.2, -0.15) is 0 Å². The van der Waals surface area contributed by atoms with E-state index in [1.54, 1.807) is 6.07 Å². The minimum absolute atomic E-state index is 0.0411. The van der Waals surface area contributed by atoms with Gasteiger partial charge in [0.25, 0.3) is 5.69 Å². The van der Waals surface area contributed by atoms with Crippen molar-refractivity contribution >= 4 is 11.6 Å². The molecule has 1 amide bonds. The molecule has 19 heavy (non-hydrogen) atoms. The van der Waals surface area contributed by atoms with Crippen LogP contribution in [0.5, 0.6) is 5.75 Å². The summed E-state index contributed by atoms with van der Waals surface area (Å²) in [6.07, 6.45) is 0.500. The molecular formula is C13H14N2O4. The first-order valence-electron chi connectivity index (χ1n) is 5.60. The number of nitro groups is 1. The van der Waals surface area contributed by atoms with Crippen LogP contribution in [-0.4, -0.2) is 24.5 Å². The molecule has 0 aliphatic heterocycles. The van der Waals surface area contributed by atoms with Crippen LogP contribution in [0.15, 0.2) is 18.2 Å². The lowest BCUT2D eigenvalue weighted by atomic mass is 10.2. The standard InChI is InChI=1S/C13H14N2O4/c1-10(16)14-8-4-3-5-11-6-7-12(15(17)18)9-13(11)19-2/h6-7,9H,4,8H2,1-2H3,(H,14,16). The van der Waals surface area contributed by atoms with E-state index in [4.69, 9.17) is 4.74 Å². The van der Waals surface area contributed by atoms with Gasteiger partial charge in [-0.15, -0.1) is 0 Å². The van der Waals surface area contributed by atoms with Crippen molar-refractivity contribution < 1.29 is 14.5 Å². The minimum Gasteiger partial charge on any atom is -0.495 e. The van der Waals surface area contributed by atoms with Crippen molar-refractivity contribution in [2.75, 3.05) is 13.7 Å². The fraction of sp³-hybridized carbons (Fsp3) is 0.308. The Morgan fingerprint density at radius 3 is 2.84 bits per heavy atom. The normalized spacial score (nSPS) is 9.16. The molecule has 0 saturated carbocycles. The van der Waals surface area contributed by atoms with Crippen molar-refractivity contribution in [3.63, 3.8) is 0 Å². The molecule has 1 N–H and O–H groups in total. The number of hydrogen-bond acceptors (Lipinski definition) is 4. The second-order valence-electron chi connectivity index (χ2n) is 3.68. The van der Waals surface area contributed by atoms with Crippen LogP contribution in [0.1, 0.15) is 18.9 Å². The number of methoxy groups -OCH3 is 1. The fourth-order valence-corrected chi connectivity index (χ4v) is 1.36. The highest BCUT2D eigenvalue weighted by Crippen LogP contribution is 2.23. The van der Waals surface area contributed by atoms with Crippen LogP contribution in [0.3, 0.4) is 0 Å². The Morgan fingerprint density at radius 1 is 1.53 bits per heavy atom. The van der Waals surface area contributed by atoms with Crippen LogP contribution < -0.4 is 10.1 Å². The van der Waals surface area contributed by atoms with Gasteiger partial charge in [0.15, 0.2) is 0 Å². The summed E-state index contributed by atoms with van der Waals surface area (Å²) >= 11 is 0. The Labute approximate surface area is 110 Å². The molecule has 1 rings (SSSR count). The van der Waals surface area contributed by atoms with Crippen molar-refractivity contribution in [1.29, 1.82) is 0 Å². The van der Waals surface area contributed by atoms with E-state index in [1.807, 2.05) is 0 Å². The Kier molecular flexibility index (Phi) is 5.35. The third-order valence-corrected chi connectivity index (χ3v) is 2.24. The van der Waals surface area contributed by atoms with Crippen molar-refractivity contribution in [2.45, 2.75) is 13.3 Å². The van der Waals surface area contributed by atoms with Crippen molar-refractivity contribution in [3.8, 4) is 17.6 Å². The van der Waals surface area contributed by atoms with Crippen LogP contribution in [-0.2, 0) is 4.79 Å². The second kappa shape index (κ2) is 7.01. The molecule has 0 spiro atoms. The van der Waals surface area contributed by atoms with Gasteiger partial charge < -0.3 is 10.1 Å². The molecule has 6 heteroatoms. The van der Waals surface area contributed by atoms with Crippen LogP contribution >= 0.6 is 0 Å². The highest BCUT2D eigenvalue weighted by molar-refractivity contribution is 5.72. The van der Waals surface area contributed by atoms with Gasteiger partial charge in [-0.25, -0.2) is 0 Å². The summed E-state index contributed by atoms with van der Waals surface area (Å²) in [6, 6.07) is 4.25. The molecule has 0 aliphatic rings. The number of nitrogens with zero attached hydrogens (tertiary/aromatic N) is 1. The summed E-state index contributed by atoms with van der Waals surface area (Å²) in [4.78, 5) is 20.8. The number of hydrogen-bond donors (Lipinski definition) is 1. The molecule has 1 aromatic carbocycles. The lowest BCUT2D eigenvalue weighted by Gasteiger charge is -2.02. The molecule has 0 fully saturated rings. The van der Waals surface area contributed by atoms with E-state index in [0.717, 1.165) is 0 Å². The highest BCUT2D eigenvalue weighted by atomic mass is 16.6. The average molecular weight is 262 g/mol. The van der Waals surface area contributed by atoms with E-state index >= 15 is 0 Å². The third-order valence-electron chi connectivity index (χ3n) is 2.24. The van der Waals surface area contributed by atoms with E-state index < -0.39 is 4.92 Å². The van der Waals surface area contributed by atoms with Gasteiger partial charge in [0.1, 0.15) is 5.75 Å². The maximum atomic E-state index is 10.6. The Hall–Kier alpha value is -2.55. The van der Waals surface area contributed by atoms with Crippen LogP contribution in [0.4, 0.5) is 5.69 Å². The molecule has 1 aromatic rings. The number of nitro benzene ring substituents is 1. The predicted molar refractivity (Wildman–Crippen MR) is 69.8 cm³/mol. The van der Waals surface area contributed by atoms with E-state index in [0.29, 0.717) is 24.3 Å². The smallest absolute Gasteiger partial charge is 0.273 e. The average Bonchev–Trinajstić information content (AvgIpc) is 2.37. The van der Waals surface area contributed by atoms with Crippen LogP contribution in [0.2, 0.25) is 0 Å². The number of carbonyl (C=O) groups excluding carboxylic acids is 1. The first-order chi connectivity index (χ1) is 9.04. The summed E-state index contributed by atoms with van der Waals surface area (Å²) < 4.78 is 5.05. The highest BCUT2D eigenvalue weighted by Gasteiger charge is 2.09. The largest absolute Gasteiger partial charge is 0.495 e. The van der Waals surface area contributed by atoms with Crippen LogP contribution in [0, 0.1) is 22.0 Å². The van der Waals surface area contributed by atoms with Gasteiger partial charge in [0, 0.05) is 26.0 Å². The maximum Gasteiger partial charge on any atom is 0.273 e. The summed E-state index contributed by atoms with van der Waals surface area (Å²) in [7, 11) is 1.43. The molecule has 0 aliphatic carbocycles. The van der Waals surface area contributed by atoms with Gasteiger partial charge in [-0.3, -0.25) is 14.9 Å². The van der Waals surface area contributed by atoms with Gasteiger partial charge in [0.05, 0.1) is 23.7 Å². The molecule has 0 atom stereocenters. The van der Waals surface area contributed by atoms with E-state index in [9.17, 15) is 14.9 Å². The fourth-order valence-electron chi connectivity index (χ4n) is 1.36. The summed E-state index contributed by atoms with van der Waals surface area (Å²) in [6.45, 7) is 1.91. The molecule has 0 heterocycles. The van der Waals surface area contributed by atoms with Crippen molar-refractivity contribution in [3.05, 3.63) is 33.9 Å². The first kappa shape index (κ1) is 14.5. The van der Waals surface area contributed by atoms with Crippen molar-refractivity contribution in [1.82, 2.24) is 5.32 Å². The van der Waals surface area contributed by atoms with E-state index in [-0.39, 0.29) is 11.6 Å². The summed E-state index contributed by atoms with van der Waals surface area (Å²) in [5.41, 5.74) is 0.538. The summed E-state index contributed by atoms with van der Waals surface area (Å²) in [5, 5.41) is 13.2. The molecule has 0 radical (unpaired) electrons. The number of non-ortho nitro benzene ring substituents is 1. The van der Waals surface area contributed by atoms with Crippen LogP contribution in [0.25, 0.3) is 0 Å². The number of carbonyl (C=O) groups is 1. The molecule has 6 nitrogen and oxygen atoms in total. The van der Waals surface area contributed by atoms with E-state index in [1.165, 1.54) is 26.2 Å². The lowest BCUT2D eigenvalue weighted by Crippen LogP contribution is -2.20. The zero-order valence-corrected chi connectivity index (χ0v) is 10.7. The number of amides is 1. The number of nitrogens with one attached hydrogen (secondary N) is 1. The molecule has 100 valence electrons. The molecule has 0 saturated heterocycles. The quantitative estimate of drug-likeness (QED) is 0.385. The molecule has 0 unspecified atom stereocenters. The minimum atomic E-state index is -0.490. The van der Waals surface area contributed by atoms with Gasteiger partial charge in [-0.1, -0.05) is 11.8 Å². The maximum absolute atomic E-state index is 10.6. The Bertz CT molecular complexity index is 543. The zero-order valence-electron chi connectivity index (χ0n) is 10.7. The van der Waals surface area contributed by atoms with Gasteiger partial charge in [-0.05, 0) is 6.07 Å². The monoisotopic (exact) mass is 262 g/mol. The van der Waals surface area contributed by atoms with Gasteiger partial charge in [0.2, 0.25) is 5.91 Å². The molecule has 0 aromatic heterocycles. The zero-order chi connectivity index (χ0) is 14.3. The van der Waals surface area contributed by atoms with E-state index in [2.05, 4.69) is 17.2 Å². The Morgan fingerprint density at radius 2 is 2.26 bits per heavy atom. The SMILES string of the molecule is COc1cc([N+](=O)[O-])ccc1C#CCCNC(C)=O. The third kappa shape index (κ3) is 4.68. The van der Waals surface area contributed by atoms with Crippen molar-refractivity contribution in [2.24, 2.45) is 0 Å². The Balaban J connectivity index is 2.75. The molecule has 0 bridgehead atoms. The lowest BCUT2D eigenvalue weighted by molar-refractivity contribution is -0.384. The number of ether oxygens (including phenoxy) is 1.